The number of aryl methyl sites for hydroxylation is 2. The molecule has 98 valence electrons. The van der Waals surface area contributed by atoms with Gasteiger partial charge in [-0.25, -0.2) is 0 Å². The molecule has 0 saturated carbocycles. The van der Waals surface area contributed by atoms with E-state index in [9.17, 15) is 0 Å². The zero-order valence-electron chi connectivity index (χ0n) is 11.4. The Hall–Kier alpha value is -2.22. The van der Waals surface area contributed by atoms with Gasteiger partial charge in [0.05, 0.1) is 0 Å². The molecule has 0 heterocycles. The minimum atomic E-state index is 0.526. The molecule has 0 aliphatic rings. The molecule has 19 heavy (non-hydrogen) atoms. The minimum absolute atomic E-state index is 0.526. The smallest absolute Gasteiger partial charge is 0.184 e. The quantitative estimate of drug-likeness (QED) is 0.797. The fraction of sp³-hybridized carbons (Fsp3) is 0.176. The van der Waals surface area contributed by atoms with Crippen LogP contribution in [0.15, 0.2) is 61.0 Å². The van der Waals surface area contributed by atoms with Crippen LogP contribution in [0, 0.1) is 13.8 Å². The van der Waals surface area contributed by atoms with Crippen LogP contribution in [0.4, 0.5) is 5.69 Å². The van der Waals surface area contributed by atoms with Crippen molar-refractivity contribution in [2.45, 2.75) is 20.5 Å². The maximum Gasteiger partial charge on any atom is 0.184 e. The third kappa shape index (κ3) is 4.18. The van der Waals surface area contributed by atoms with Crippen molar-refractivity contribution in [2.75, 3.05) is 5.32 Å². The molecular formula is C17H19NO. The molecule has 2 nitrogen and oxygen atoms in total. The summed E-state index contributed by atoms with van der Waals surface area (Å²) in [6.07, 6.45) is 0. The van der Waals surface area contributed by atoms with Crippen molar-refractivity contribution < 1.29 is 4.74 Å². The lowest BCUT2D eigenvalue weighted by Gasteiger charge is -2.11. The zero-order chi connectivity index (χ0) is 13.7. The summed E-state index contributed by atoms with van der Waals surface area (Å²) in [5.74, 6) is 0.560. The van der Waals surface area contributed by atoms with Crippen molar-refractivity contribution in [1.82, 2.24) is 0 Å². The third-order valence-corrected chi connectivity index (χ3v) is 2.87. The first-order valence-corrected chi connectivity index (χ1v) is 6.34. The Kier molecular flexibility index (Phi) is 4.24. The van der Waals surface area contributed by atoms with Crippen LogP contribution in [0.25, 0.3) is 0 Å². The fourth-order valence-electron chi connectivity index (χ4n) is 1.69. The lowest BCUT2D eigenvalue weighted by Crippen LogP contribution is -2.02. The second-order valence-corrected chi connectivity index (χ2v) is 4.69. The lowest BCUT2D eigenvalue weighted by molar-refractivity contribution is 0.205. The van der Waals surface area contributed by atoms with Gasteiger partial charge in [0.25, 0.3) is 0 Å². The molecule has 0 aromatic heterocycles. The molecule has 2 rings (SSSR count). The number of nitrogens with one attached hydrogen (secondary N) is 1. The molecule has 0 bridgehead atoms. The summed E-state index contributed by atoms with van der Waals surface area (Å²) in [5.41, 5.74) is 4.61. The molecule has 2 aromatic rings. The number of benzene rings is 2. The third-order valence-electron chi connectivity index (χ3n) is 2.87. The van der Waals surface area contributed by atoms with E-state index in [1.807, 2.05) is 12.1 Å². The van der Waals surface area contributed by atoms with E-state index >= 15 is 0 Å². The summed E-state index contributed by atoms with van der Waals surface area (Å²) in [4.78, 5) is 0. The average molecular weight is 253 g/mol. The summed E-state index contributed by atoms with van der Waals surface area (Å²) >= 11 is 0. The van der Waals surface area contributed by atoms with Crippen molar-refractivity contribution in [1.29, 1.82) is 0 Å². The van der Waals surface area contributed by atoms with Crippen molar-refractivity contribution in [3.63, 3.8) is 0 Å². The molecular weight excluding hydrogens is 234 g/mol. The Morgan fingerprint density at radius 1 is 0.947 bits per heavy atom. The number of rotatable bonds is 5. The number of hydrogen-bond acceptors (Lipinski definition) is 2. The Balaban J connectivity index is 1.84. The predicted octanol–water partition coefficient (Wildman–Crippen LogP) is 4.40. The van der Waals surface area contributed by atoms with Gasteiger partial charge in [-0.05, 0) is 38.1 Å². The molecule has 1 N–H and O–H groups in total. The van der Waals surface area contributed by atoms with Crippen LogP contribution in [0.3, 0.4) is 0 Å². The van der Waals surface area contributed by atoms with Crippen molar-refractivity contribution in [2.24, 2.45) is 0 Å². The highest BCUT2D eigenvalue weighted by molar-refractivity contribution is 5.47. The predicted molar refractivity (Wildman–Crippen MR) is 79.9 cm³/mol. The van der Waals surface area contributed by atoms with E-state index in [0.717, 1.165) is 11.3 Å². The summed E-state index contributed by atoms with van der Waals surface area (Å²) in [5, 5.41) is 3.13. The van der Waals surface area contributed by atoms with E-state index in [4.69, 9.17) is 4.74 Å². The second-order valence-electron chi connectivity index (χ2n) is 4.69. The van der Waals surface area contributed by atoms with Crippen LogP contribution in [-0.2, 0) is 11.3 Å². The van der Waals surface area contributed by atoms with Gasteiger partial charge in [0.15, 0.2) is 5.88 Å². The number of hydrogen-bond donors (Lipinski definition) is 1. The molecule has 0 fully saturated rings. The van der Waals surface area contributed by atoms with Crippen LogP contribution < -0.4 is 5.32 Å². The Morgan fingerprint density at radius 2 is 1.47 bits per heavy atom. The van der Waals surface area contributed by atoms with E-state index < -0.39 is 0 Å². The lowest BCUT2D eigenvalue weighted by atomic mass is 10.2. The highest BCUT2D eigenvalue weighted by Crippen LogP contribution is 2.12. The largest absolute Gasteiger partial charge is 0.475 e. The van der Waals surface area contributed by atoms with Gasteiger partial charge in [0, 0.05) is 5.69 Å². The number of ether oxygens (including phenoxy) is 1. The van der Waals surface area contributed by atoms with Crippen molar-refractivity contribution >= 4 is 5.69 Å². The molecule has 0 atom stereocenters. The van der Waals surface area contributed by atoms with Gasteiger partial charge in [0.1, 0.15) is 6.61 Å². The average Bonchev–Trinajstić information content (AvgIpc) is 2.41. The van der Waals surface area contributed by atoms with E-state index in [2.05, 4.69) is 62.1 Å². The van der Waals surface area contributed by atoms with Gasteiger partial charge in [-0.2, -0.15) is 0 Å². The van der Waals surface area contributed by atoms with Crippen LogP contribution in [-0.4, -0.2) is 0 Å². The topological polar surface area (TPSA) is 21.3 Å². The molecule has 0 saturated heterocycles. The monoisotopic (exact) mass is 253 g/mol. The standard InChI is InChI=1S/C17H19NO/c1-13-4-8-16(9-5-13)12-19-15(3)18-17-10-6-14(2)7-11-17/h4-11,18H,3,12H2,1-2H3. The Bertz CT molecular complexity index is 540. The van der Waals surface area contributed by atoms with Gasteiger partial charge in [0.2, 0.25) is 0 Å². The van der Waals surface area contributed by atoms with E-state index in [-0.39, 0.29) is 0 Å². The van der Waals surface area contributed by atoms with E-state index in [1.165, 1.54) is 11.1 Å². The minimum Gasteiger partial charge on any atom is -0.475 e. The first-order chi connectivity index (χ1) is 9.13. The van der Waals surface area contributed by atoms with Crippen molar-refractivity contribution in [3.05, 3.63) is 77.7 Å². The first kappa shape index (κ1) is 13.2. The second kappa shape index (κ2) is 6.10. The van der Waals surface area contributed by atoms with Crippen LogP contribution in [0.5, 0.6) is 0 Å². The van der Waals surface area contributed by atoms with Crippen LogP contribution >= 0.6 is 0 Å². The summed E-state index contributed by atoms with van der Waals surface area (Å²) in [7, 11) is 0. The molecule has 0 unspecified atom stereocenters. The molecule has 0 amide bonds. The van der Waals surface area contributed by atoms with Gasteiger partial charge >= 0.3 is 0 Å². The van der Waals surface area contributed by atoms with Crippen molar-refractivity contribution in [3.8, 4) is 0 Å². The highest BCUT2D eigenvalue weighted by atomic mass is 16.5. The SMILES string of the molecule is C=C(Nc1ccc(C)cc1)OCc1ccc(C)cc1. The summed E-state index contributed by atoms with van der Waals surface area (Å²) < 4.78 is 5.60. The van der Waals surface area contributed by atoms with Crippen LogP contribution in [0.1, 0.15) is 16.7 Å². The van der Waals surface area contributed by atoms with Gasteiger partial charge in [-0.3, -0.25) is 0 Å². The fourth-order valence-corrected chi connectivity index (χ4v) is 1.69. The molecule has 2 aromatic carbocycles. The maximum atomic E-state index is 5.60. The maximum absolute atomic E-state index is 5.60. The zero-order valence-corrected chi connectivity index (χ0v) is 11.4. The molecule has 0 aliphatic carbocycles. The molecule has 0 radical (unpaired) electrons. The molecule has 2 heteroatoms. The first-order valence-electron chi connectivity index (χ1n) is 6.34. The highest BCUT2D eigenvalue weighted by Gasteiger charge is 1.98. The van der Waals surface area contributed by atoms with E-state index in [1.54, 1.807) is 0 Å². The summed E-state index contributed by atoms with van der Waals surface area (Å²) in [6.45, 7) is 8.53. The Morgan fingerprint density at radius 3 is 2.05 bits per heavy atom. The number of anilines is 1. The van der Waals surface area contributed by atoms with Gasteiger partial charge < -0.3 is 10.1 Å². The van der Waals surface area contributed by atoms with Gasteiger partial charge in [-0.1, -0.05) is 47.5 Å². The van der Waals surface area contributed by atoms with E-state index in [0.29, 0.717) is 12.5 Å². The molecule has 0 aliphatic heterocycles. The summed E-state index contributed by atoms with van der Waals surface area (Å²) in [6, 6.07) is 16.4. The Labute approximate surface area is 114 Å². The molecule has 0 spiro atoms. The van der Waals surface area contributed by atoms with Crippen LogP contribution in [0.2, 0.25) is 0 Å². The normalized spacial score (nSPS) is 10.0. The van der Waals surface area contributed by atoms with Gasteiger partial charge in [-0.15, -0.1) is 0 Å².